The van der Waals surface area contributed by atoms with Crippen molar-refractivity contribution in [2.45, 2.75) is 78.1 Å². The van der Waals surface area contributed by atoms with Gasteiger partial charge in [-0.2, -0.15) is 0 Å². The van der Waals surface area contributed by atoms with E-state index in [0.29, 0.717) is 5.92 Å². The maximum atomic E-state index is 6.71. The van der Waals surface area contributed by atoms with Crippen molar-refractivity contribution < 1.29 is 9.16 Å². The minimum Gasteiger partial charge on any atom is -0.411 e. The van der Waals surface area contributed by atoms with Crippen LogP contribution >= 0.6 is 11.3 Å². The first-order chi connectivity index (χ1) is 10.1. The van der Waals surface area contributed by atoms with Crippen LogP contribution in [0.1, 0.15) is 54.5 Å². The van der Waals surface area contributed by atoms with Crippen molar-refractivity contribution in [2.75, 3.05) is 13.2 Å². The van der Waals surface area contributed by atoms with Gasteiger partial charge in [-0.05, 0) is 49.5 Å². The van der Waals surface area contributed by atoms with E-state index in [1.54, 1.807) is 0 Å². The molecule has 0 aromatic carbocycles. The zero-order valence-corrected chi connectivity index (χ0v) is 17.3. The molecule has 0 saturated carbocycles. The first kappa shape index (κ1) is 18.2. The first-order valence-electron chi connectivity index (χ1n) is 8.42. The lowest BCUT2D eigenvalue weighted by atomic mass is 9.91. The average molecular weight is 341 g/mol. The molecule has 1 aromatic heterocycles. The van der Waals surface area contributed by atoms with Crippen molar-refractivity contribution >= 4 is 19.7 Å². The van der Waals surface area contributed by atoms with Gasteiger partial charge in [0.2, 0.25) is 0 Å². The number of rotatable bonds is 4. The maximum absolute atomic E-state index is 6.71. The zero-order chi connectivity index (χ0) is 16.7. The highest BCUT2D eigenvalue weighted by molar-refractivity contribution is 7.12. The topological polar surface area (TPSA) is 18.5 Å². The van der Waals surface area contributed by atoms with Crippen LogP contribution < -0.4 is 0 Å². The standard InChI is InChI=1S/C18H32O2SSi/c1-9-14-12(2)21-13(3)17(14)15-10-19-11-16(15)20-22(7,8)18(4,5)6/h15-16H,9-11H2,1-8H3/t15-,16-/m0/s1. The maximum Gasteiger partial charge on any atom is 0.192 e. The molecule has 2 rings (SSSR count). The molecule has 0 unspecified atom stereocenters. The number of hydrogen-bond donors (Lipinski definition) is 0. The second-order valence-corrected chi connectivity index (χ2v) is 14.2. The molecule has 0 spiro atoms. The lowest BCUT2D eigenvalue weighted by Crippen LogP contribution is -2.45. The molecule has 2 nitrogen and oxygen atoms in total. The molecule has 0 aliphatic carbocycles. The average Bonchev–Trinajstić information content (AvgIpc) is 2.91. The van der Waals surface area contributed by atoms with Crippen LogP contribution in [0.4, 0.5) is 0 Å². The van der Waals surface area contributed by atoms with Crippen LogP contribution in [0.2, 0.25) is 18.1 Å². The number of ether oxygens (including phenoxy) is 1. The zero-order valence-electron chi connectivity index (χ0n) is 15.5. The fraction of sp³-hybridized carbons (Fsp3) is 0.778. The van der Waals surface area contributed by atoms with Crippen molar-refractivity contribution in [3.05, 3.63) is 20.9 Å². The Labute approximate surface area is 141 Å². The summed E-state index contributed by atoms with van der Waals surface area (Å²) in [5, 5.41) is 0.243. The van der Waals surface area contributed by atoms with Gasteiger partial charge in [0.1, 0.15) is 0 Å². The smallest absolute Gasteiger partial charge is 0.192 e. The summed E-state index contributed by atoms with van der Waals surface area (Å²) in [4.78, 5) is 2.92. The van der Waals surface area contributed by atoms with Gasteiger partial charge in [0.05, 0.1) is 19.3 Å². The molecule has 0 N–H and O–H groups in total. The highest BCUT2D eigenvalue weighted by Crippen LogP contribution is 2.43. The van der Waals surface area contributed by atoms with E-state index >= 15 is 0 Å². The van der Waals surface area contributed by atoms with E-state index in [2.05, 4.69) is 54.6 Å². The van der Waals surface area contributed by atoms with E-state index in [-0.39, 0.29) is 11.1 Å². The summed E-state index contributed by atoms with van der Waals surface area (Å²) in [7, 11) is -1.76. The van der Waals surface area contributed by atoms with Crippen molar-refractivity contribution in [3.8, 4) is 0 Å². The quantitative estimate of drug-likeness (QED) is 0.680. The molecule has 1 aliphatic heterocycles. The second kappa shape index (κ2) is 6.38. The molecule has 1 aliphatic rings. The van der Waals surface area contributed by atoms with Crippen LogP contribution in [-0.4, -0.2) is 27.6 Å². The van der Waals surface area contributed by atoms with Gasteiger partial charge in [0.15, 0.2) is 8.32 Å². The molecule has 1 saturated heterocycles. The van der Waals surface area contributed by atoms with Crippen LogP contribution in [-0.2, 0) is 15.6 Å². The SMILES string of the molecule is CCc1c(C)sc(C)c1[C@H]1COC[C@@H]1O[Si](C)(C)C(C)(C)C. The van der Waals surface area contributed by atoms with E-state index in [9.17, 15) is 0 Å². The van der Waals surface area contributed by atoms with Crippen LogP contribution in [0.5, 0.6) is 0 Å². The van der Waals surface area contributed by atoms with E-state index in [4.69, 9.17) is 9.16 Å². The Kier molecular flexibility index (Phi) is 5.28. The van der Waals surface area contributed by atoms with Crippen molar-refractivity contribution in [2.24, 2.45) is 0 Å². The largest absolute Gasteiger partial charge is 0.411 e. The van der Waals surface area contributed by atoms with Gasteiger partial charge in [-0.1, -0.05) is 27.7 Å². The summed E-state index contributed by atoms with van der Waals surface area (Å²) in [6, 6.07) is 0. The summed E-state index contributed by atoms with van der Waals surface area (Å²) < 4.78 is 12.6. The number of aryl methyl sites for hydroxylation is 2. The van der Waals surface area contributed by atoms with Crippen molar-refractivity contribution in [1.29, 1.82) is 0 Å². The van der Waals surface area contributed by atoms with Gasteiger partial charge in [-0.25, -0.2) is 0 Å². The highest BCUT2D eigenvalue weighted by atomic mass is 32.1. The van der Waals surface area contributed by atoms with Crippen LogP contribution in [0.3, 0.4) is 0 Å². The highest BCUT2D eigenvalue weighted by Gasteiger charge is 2.43. The third kappa shape index (κ3) is 3.35. The lowest BCUT2D eigenvalue weighted by Gasteiger charge is -2.39. The fourth-order valence-corrected chi connectivity index (χ4v) is 5.71. The van der Waals surface area contributed by atoms with E-state index < -0.39 is 8.32 Å². The van der Waals surface area contributed by atoms with Gasteiger partial charge in [-0.15, -0.1) is 11.3 Å². The molecular weight excluding hydrogens is 308 g/mol. The monoisotopic (exact) mass is 340 g/mol. The third-order valence-corrected chi connectivity index (χ3v) is 11.0. The Morgan fingerprint density at radius 1 is 1.18 bits per heavy atom. The Morgan fingerprint density at radius 3 is 2.36 bits per heavy atom. The number of hydrogen-bond acceptors (Lipinski definition) is 3. The molecule has 0 radical (unpaired) electrons. The molecule has 1 fully saturated rings. The first-order valence-corrected chi connectivity index (χ1v) is 12.1. The summed E-state index contributed by atoms with van der Waals surface area (Å²) in [5.74, 6) is 0.411. The van der Waals surface area contributed by atoms with Crippen LogP contribution in [0.25, 0.3) is 0 Å². The van der Waals surface area contributed by atoms with Gasteiger partial charge >= 0.3 is 0 Å². The summed E-state index contributed by atoms with van der Waals surface area (Å²) in [6.45, 7) is 19.9. The predicted octanol–water partition coefficient (Wildman–Crippen LogP) is 5.43. The van der Waals surface area contributed by atoms with Gasteiger partial charge < -0.3 is 9.16 Å². The molecule has 4 heteroatoms. The Balaban J connectivity index is 2.29. The molecule has 0 bridgehead atoms. The Morgan fingerprint density at radius 2 is 1.82 bits per heavy atom. The van der Waals surface area contributed by atoms with Crippen LogP contribution in [0, 0.1) is 13.8 Å². The third-order valence-electron chi connectivity index (χ3n) is 5.44. The van der Waals surface area contributed by atoms with E-state index in [1.165, 1.54) is 20.9 Å². The lowest BCUT2D eigenvalue weighted by molar-refractivity contribution is 0.130. The second-order valence-electron chi connectivity index (χ2n) is 8.02. The van der Waals surface area contributed by atoms with Gasteiger partial charge in [0, 0.05) is 15.7 Å². The van der Waals surface area contributed by atoms with Crippen molar-refractivity contribution in [3.63, 3.8) is 0 Å². The molecule has 126 valence electrons. The Bertz CT molecular complexity index is 528. The van der Waals surface area contributed by atoms with E-state index in [1.807, 2.05) is 11.3 Å². The number of thiophene rings is 1. The molecule has 1 aromatic rings. The molecule has 2 heterocycles. The predicted molar refractivity (Wildman–Crippen MR) is 98.8 cm³/mol. The molecule has 0 amide bonds. The van der Waals surface area contributed by atoms with E-state index in [0.717, 1.165) is 19.6 Å². The fourth-order valence-electron chi connectivity index (χ4n) is 3.15. The van der Waals surface area contributed by atoms with Crippen LogP contribution in [0.15, 0.2) is 0 Å². The van der Waals surface area contributed by atoms with Gasteiger partial charge in [-0.3, -0.25) is 0 Å². The molecule has 22 heavy (non-hydrogen) atoms. The summed E-state index contributed by atoms with van der Waals surface area (Å²) in [5.41, 5.74) is 3.05. The van der Waals surface area contributed by atoms with Gasteiger partial charge in [0.25, 0.3) is 0 Å². The van der Waals surface area contributed by atoms with Crippen molar-refractivity contribution in [1.82, 2.24) is 0 Å². The molecular formula is C18H32O2SSi. The normalized spacial score (nSPS) is 23.3. The molecule has 2 atom stereocenters. The summed E-state index contributed by atoms with van der Waals surface area (Å²) in [6.07, 6.45) is 1.33. The minimum atomic E-state index is -1.76. The summed E-state index contributed by atoms with van der Waals surface area (Å²) >= 11 is 1.93. The Hall–Kier alpha value is -0.163. The minimum absolute atomic E-state index is 0.221.